The van der Waals surface area contributed by atoms with Gasteiger partial charge in [-0.1, -0.05) is 66.7 Å². The van der Waals surface area contributed by atoms with E-state index in [0.29, 0.717) is 19.6 Å². The van der Waals surface area contributed by atoms with E-state index in [4.69, 9.17) is 28.7 Å². The van der Waals surface area contributed by atoms with Crippen molar-refractivity contribution in [1.29, 1.82) is 0 Å². The molecule has 1 fully saturated rings. The average Bonchev–Trinajstić information content (AvgIpc) is 3.81. The number of benzene rings is 1. The molecule has 5 bridgehead atoms. The van der Waals surface area contributed by atoms with Gasteiger partial charge in [0.1, 0.15) is 47.0 Å². The number of fused-ring (bicyclic) bond motifs is 13. The molecule has 1 aliphatic carbocycles. The number of rotatable bonds is 10. The summed E-state index contributed by atoms with van der Waals surface area (Å²) in [6, 6.07) is -1.56. The third-order valence-corrected chi connectivity index (χ3v) is 16.6. The lowest BCUT2D eigenvalue weighted by Crippen LogP contribution is -2.59. The Bertz CT molecular complexity index is 2670. The van der Waals surface area contributed by atoms with E-state index in [-0.39, 0.29) is 70.0 Å². The van der Waals surface area contributed by atoms with E-state index < -0.39 is 140 Å². The lowest BCUT2D eigenvalue weighted by Gasteiger charge is -2.45. The number of esters is 2. The number of nitrogens with one attached hydrogen (secondary N) is 1. The number of aldehydes is 1. The molecule has 2 unspecified atom stereocenters. The van der Waals surface area contributed by atoms with Gasteiger partial charge in [0, 0.05) is 87.2 Å². The highest BCUT2D eigenvalue weighted by molar-refractivity contribution is 7.53. The molecular formula is C53H73N4O18P. The molecule has 11 atom stereocenters. The van der Waals surface area contributed by atoms with E-state index in [0.717, 1.165) is 0 Å². The van der Waals surface area contributed by atoms with Crippen LogP contribution < -0.4 is 10.1 Å². The summed E-state index contributed by atoms with van der Waals surface area (Å²) in [6.07, 6.45) is 2.38. The van der Waals surface area contributed by atoms with E-state index in [1.807, 2.05) is 13.8 Å². The summed E-state index contributed by atoms with van der Waals surface area (Å²) < 4.78 is 40.7. The summed E-state index contributed by atoms with van der Waals surface area (Å²) in [5.41, 5.74) is -4.19. The Kier molecular flexibility index (Phi) is 18.2. The number of phenols is 1. The Morgan fingerprint density at radius 3 is 2.21 bits per heavy atom. The third-order valence-electron chi connectivity index (χ3n) is 15.4. The van der Waals surface area contributed by atoms with Crippen LogP contribution in [0.25, 0.3) is 5.76 Å². The van der Waals surface area contributed by atoms with Gasteiger partial charge in [-0.3, -0.25) is 33.6 Å². The minimum atomic E-state index is -4.87. The van der Waals surface area contributed by atoms with E-state index >= 15 is 4.79 Å². The molecule has 23 heteroatoms. The summed E-state index contributed by atoms with van der Waals surface area (Å²) in [7, 11) is -4.87. The van der Waals surface area contributed by atoms with Crippen LogP contribution in [0.4, 0.5) is 4.79 Å². The van der Waals surface area contributed by atoms with Gasteiger partial charge in [0.05, 0.1) is 41.0 Å². The smallest absolute Gasteiger partial charge is 0.415 e. The number of aromatic hydroxyl groups is 1. The first-order valence-electron chi connectivity index (χ1n) is 25.6. The number of aliphatic hydroxyl groups excluding tert-OH is 3. The summed E-state index contributed by atoms with van der Waals surface area (Å²) in [4.78, 5) is 108. The van der Waals surface area contributed by atoms with Crippen LogP contribution in [0.5, 0.6) is 11.5 Å². The van der Waals surface area contributed by atoms with Crippen LogP contribution in [0.2, 0.25) is 0 Å². The van der Waals surface area contributed by atoms with Crippen molar-refractivity contribution in [3.63, 3.8) is 0 Å². The number of nitrogens with zero attached hydrogens (tertiary/aromatic N) is 3. The largest absolute Gasteiger partial charge is 0.507 e. The Hall–Kier alpha value is -5.90. The van der Waals surface area contributed by atoms with Gasteiger partial charge in [0.25, 0.3) is 11.7 Å². The molecule has 0 saturated carbocycles. The highest BCUT2D eigenvalue weighted by atomic mass is 31.2. The van der Waals surface area contributed by atoms with Crippen molar-refractivity contribution >= 4 is 55.1 Å². The third kappa shape index (κ3) is 12.0. The maximum Gasteiger partial charge on any atom is 0.415 e. The quantitative estimate of drug-likeness (QED) is 0.0675. The molecule has 6 aliphatic rings. The number of allylic oxidation sites excluding steroid dienone is 3. The number of ether oxygens (including phenoxy) is 5. The minimum Gasteiger partial charge on any atom is -0.507 e. The van der Waals surface area contributed by atoms with Gasteiger partial charge < -0.3 is 68.9 Å². The van der Waals surface area contributed by atoms with Crippen molar-refractivity contribution in [3.8, 4) is 11.5 Å². The minimum absolute atomic E-state index is 0.0127. The van der Waals surface area contributed by atoms with Crippen LogP contribution in [0, 0.1) is 42.4 Å². The maximum absolute atomic E-state index is 15.1. The first kappa shape index (κ1) is 59.3. The standard InChI is InChI=1S/C53H73N4O18P/c1-26(2)23-56-20-18-53(19-21-56)55-40-37-38-45(63)33(9)48-39(37)49(65)52(11,75-48)73-22-17-27(3)30(6)47(74-34(10)59)32(8)44(62)31(7)43(61)28(4)13-12-14-29(5)50(66)54-41(46(38)64)42(40)57(53)51(67)72-25-71-36(60)16-15-35(24-58)76(68,69)70/h12-14,17,22,24,26-28,30-32,35,42-44,47,61-64H,15-16,18-21,23,25H2,1-11H3,(H,54,66)(H2,68,69,70)/b13-12+,22-17+,29-14-/t27-,28-,30+,31+,32+,35?,42?,43-,44+,47+,52-/m0/s1. The number of amides is 2. The maximum atomic E-state index is 15.1. The number of hydrogen-bond acceptors (Lipinski definition) is 18. The SMILES string of the molecule is CC(=O)O[C@H]1[C@H](C)[C@H](O)[C@H](C)[C@@H](O)[C@@H](C)/C=C/C=C(/C)C(=O)NC2=C(O)c3c(O)c(C)c4c(c3C3=NC5(CCN(CC(C)C)CC5)N(C(=O)OCOC(=O)CCC(C=O)P(=O)(O)O)C32)C(=O)[C@@](C)(O/C=C/[C@H](C)[C@H]1C)O4. The highest BCUT2D eigenvalue weighted by Gasteiger charge is 2.60. The molecule has 1 saturated heterocycles. The van der Waals surface area contributed by atoms with Crippen molar-refractivity contribution < 1.29 is 87.2 Å². The topological polar surface area (TPSA) is 318 Å². The lowest BCUT2D eigenvalue weighted by atomic mass is 9.77. The zero-order valence-corrected chi connectivity index (χ0v) is 45.7. The van der Waals surface area contributed by atoms with Gasteiger partial charge in [-0.05, 0) is 44.1 Å². The van der Waals surface area contributed by atoms with Gasteiger partial charge >= 0.3 is 31.4 Å². The number of carbonyl (C=O) groups excluding carboxylic acids is 6. The number of aliphatic hydroxyl groups is 3. The lowest BCUT2D eigenvalue weighted by molar-refractivity contribution is -0.158. The van der Waals surface area contributed by atoms with Crippen molar-refractivity contribution in [1.82, 2.24) is 15.1 Å². The molecule has 1 aromatic rings. The summed E-state index contributed by atoms with van der Waals surface area (Å²) in [6.45, 7) is 18.9. The Balaban J connectivity index is 1.51. The predicted molar refractivity (Wildman–Crippen MR) is 274 cm³/mol. The highest BCUT2D eigenvalue weighted by Crippen LogP contribution is 2.54. The normalized spacial score (nSPS) is 31.0. The van der Waals surface area contributed by atoms with E-state index in [9.17, 15) is 58.8 Å². The fourth-order valence-electron chi connectivity index (χ4n) is 10.7. The number of Topliss-reactive ketones (excluding diaryl/α,β-unsaturated/α-hetero) is 1. The number of likely N-dealkylation sites (tertiary alicyclic amines) is 1. The zero-order valence-electron chi connectivity index (χ0n) is 44.8. The molecule has 7 rings (SSSR count). The number of ketones is 1. The van der Waals surface area contributed by atoms with Crippen molar-refractivity contribution in [2.45, 2.75) is 143 Å². The number of aliphatic imine (C=N–C) groups is 1. The Morgan fingerprint density at radius 2 is 1.61 bits per heavy atom. The van der Waals surface area contributed by atoms with Gasteiger partial charge in [0.15, 0.2) is 0 Å². The molecule has 5 aliphatic heterocycles. The second-order valence-electron chi connectivity index (χ2n) is 21.4. The predicted octanol–water partition coefficient (Wildman–Crippen LogP) is 5.31. The molecule has 418 valence electrons. The van der Waals surface area contributed by atoms with Crippen LogP contribution in [0.1, 0.15) is 122 Å². The van der Waals surface area contributed by atoms with Gasteiger partial charge in [-0.2, -0.15) is 0 Å². The second kappa shape index (κ2) is 23.4. The van der Waals surface area contributed by atoms with Crippen LogP contribution in [0.15, 0.2) is 46.8 Å². The molecule has 1 spiro atoms. The molecule has 7 N–H and O–H groups in total. The molecule has 76 heavy (non-hydrogen) atoms. The number of carbonyl (C=O) groups is 6. The van der Waals surface area contributed by atoms with Crippen LogP contribution in [-0.4, -0.2) is 150 Å². The fourth-order valence-corrected chi connectivity index (χ4v) is 11.3. The van der Waals surface area contributed by atoms with Crippen molar-refractivity contribution in [3.05, 3.63) is 64.1 Å². The number of piperidine rings is 1. The molecule has 22 nitrogen and oxygen atoms in total. The Morgan fingerprint density at radius 1 is 0.947 bits per heavy atom. The second-order valence-corrected chi connectivity index (χ2v) is 23.2. The Labute approximate surface area is 442 Å². The van der Waals surface area contributed by atoms with E-state index in [1.165, 1.54) is 51.0 Å². The first-order valence-corrected chi connectivity index (χ1v) is 27.2. The first-order chi connectivity index (χ1) is 35.5. The monoisotopic (exact) mass is 1080 g/mol. The molecule has 2 amide bonds. The van der Waals surface area contributed by atoms with Crippen LogP contribution in [0.3, 0.4) is 0 Å². The van der Waals surface area contributed by atoms with Crippen LogP contribution >= 0.6 is 7.60 Å². The van der Waals surface area contributed by atoms with Gasteiger partial charge in [0.2, 0.25) is 6.79 Å². The van der Waals surface area contributed by atoms with E-state index in [1.54, 1.807) is 32.9 Å². The van der Waals surface area contributed by atoms with Gasteiger partial charge in [-0.25, -0.2) is 4.79 Å². The molecule has 0 radical (unpaired) electrons. The van der Waals surface area contributed by atoms with Crippen molar-refractivity contribution in [2.75, 3.05) is 26.4 Å². The molecule has 5 heterocycles. The fraction of sp³-hybridized carbons (Fsp3) is 0.604. The number of hydrogen-bond donors (Lipinski definition) is 7. The summed E-state index contributed by atoms with van der Waals surface area (Å²) in [5.74, 6) is -9.33. The van der Waals surface area contributed by atoms with Crippen LogP contribution in [-0.2, 0) is 42.7 Å². The summed E-state index contributed by atoms with van der Waals surface area (Å²) >= 11 is 0. The summed E-state index contributed by atoms with van der Waals surface area (Å²) in [5, 5.41) is 50.6. The molecule has 0 aromatic heterocycles. The average molecular weight is 1090 g/mol. The number of phenolic OH excluding ortho intramolecular Hbond substituents is 1. The van der Waals surface area contributed by atoms with E-state index in [2.05, 4.69) is 24.1 Å². The van der Waals surface area contributed by atoms with Gasteiger partial charge in [-0.15, -0.1) is 0 Å². The molecule has 1 aromatic carbocycles. The zero-order chi connectivity index (χ0) is 56.5. The van der Waals surface area contributed by atoms with Crippen molar-refractivity contribution in [2.24, 2.45) is 40.5 Å². The molecular weight excluding hydrogens is 1010 g/mol.